The molecule has 0 aliphatic carbocycles. The van der Waals surface area contributed by atoms with Crippen LogP contribution in [0.3, 0.4) is 0 Å². The van der Waals surface area contributed by atoms with Crippen molar-refractivity contribution in [3.05, 3.63) is 27.7 Å². The number of aromatic nitrogens is 2. The smallest absolute Gasteiger partial charge is 0.370 e. The van der Waals surface area contributed by atoms with Gasteiger partial charge in [0, 0.05) is 56.1 Å². The summed E-state index contributed by atoms with van der Waals surface area (Å²) in [6.45, 7) is 3.43. The van der Waals surface area contributed by atoms with Gasteiger partial charge in [0.1, 0.15) is 0 Å². The third kappa shape index (κ3) is 5.42. The Morgan fingerprint density at radius 2 is 1.96 bits per heavy atom. The number of rotatable bonds is 4. The summed E-state index contributed by atoms with van der Waals surface area (Å²) in [4.78, 5) is 16.3. The highest BCUT2D eigenvalue weighted by molar-refractivity contribution is 14.0. The Morgan fingerprint density at radius 3 is 2.54 bits per heavy atom. The Kier molecular flexibility index (Phi) is 7.46. The van der Waals surface area contributed by atoms with Crippen LogP contribution >= 0.6 is 46.7 Å². The van der Waals surface area contributed by atoms with Crippen molar-refractivity contribution in [2.24, 2.45) is 10.7 Å². The average Bonchev–Trinajstić information content (AvgIpc) is 3.26. The second-order valence-electron chi connectivity index (χ2n) is 5.40. The molecule has 0 spiro atoms. The number of nitrogens with two attached hydrogens (primary N) is 1. The summed E-state index contributed by atoms with van der Waals surface area (Å²) in [6, 6.07) is 0. The number of halogens is 4. The molecule has 0 unspecified atom stereocenters. The maximum absolute atomic E-state index is 12.5. The molecule has 3 rings (SSSR count). The number of thiazole rings is 2. The first kappa shape index (κ1) is 21.2. The van der Waals surface area contributed by atoms with Crippen molar-refractivity contribution in [3.63, 3.8) is 0 Å². The van der Waals surface area contributed by atoms with Gasteiger partial charge in [-0.1, -0.05) is 0 Å². The molecule has 1 saturated heterocycles. The second-order valence-corrected chi connectivity index (χ2v) is 7.22. The molecule has 0 bridgehead atoms. The number of aliphatic imine (C=N–C) groups is 1. The lowest BCUT2D eigenvalue weighted by Gasteiger charge is -2.35. The van der Waals surface area contributed by atoms with E-state index in [0.29, 0.717) is 23.9 Å². The molecule has 2 N–H and O–H groups in total. The lowest BCUT2D eigenvalue weighted by atomic mass is 10.3. The highest BCUT2D eigenvalue weighted by atomic mass is 127. The Morgan fingerprint density at radius 1 is 1.23 bits per heavy atom. The molecular formula is C14H18F3IN6S2. The molecule has 1 aliphatic rings. The van der Waals surface area contributed by atoms with E-state index in [1.165, 1.54) is 0 Å². The lowest BCUT2D eigenvalue weighted by molar-refractivity contribution is -0.140. The molecule has 0 atom stereocenters. The SMILES string of the molecule is I.NC(=NCCc1nc(C(F)(F)F)cs1)N1CCN(c2nccs2)CC1. The van der Waals surface area contributed by atoms with Gasteiger partial charge in [0.2, 0.25) is 0 Å². The molecular weight excluding hydrogens is 500 g/mol. The number of alkyl halides is 3. The highest BCUT2D eigenvalue weighted by Gasteiger charge is 2.33. The molecule has 0 radical (unpaired) electrons. The second kappa shape index (κ2) is 9.17. The Hall–Kier alpha value is -1.15. The Bertz CT molecular complexity index is 711. The number of anilines is 1. The Balaban J connectivity index is 0.00000243. The fourth-order valence-corrected chi connectivity index (χ4v) is 3.91. The maximum Gasteiger partial charge on any atom is 0.434 e. The minimum atomic E-state index is -4.39. The maximum atomic E-state index is 12.5. The summed E-state index contributed by atoms with van der Waals surface area (Å²) in [6.07, 6.45) is -2.26. The summed E-state index contributed by atoms with van der Waals surface area (Å²) < 4.78 is 37.5. The molecule has 26 heavy (non-hydrogen) atoms. The van der Waals surface area contributed by atoms with Gasteiger partial charge in [0.15, 0.2) is 16.8 Å². The van der Waals surface area contributed by atoms with Crippen molar-refractivity contribution in [3.8, 4) is 0 Å². The first-order valence-corrected chi connectivity index (χ1v) is 9.40. The van der Waals surface area contributed by atoms with E-state index < -0.39 is 11.9 Å². The summed E-state index contributed by atoms with van der Waals surface area (Å²) >= 11 is 2.60. The normalized spacial score (nSPS) is 15.9. The van der Waals surface area contributed by atoms with Crippen LogP contribution in [0.15, 0.2) is 21.9 Å². The Labute approximate surface area is 174 Å². The molecule has 6 nitrogen and oxygen atoms in total. The lowest BCUT2D eigenvalue weighted by Crippen LogP contribution is -2.51. The minimum Gasteiger partial charge on any atom is -0.370 e. The average molecular weight is 518 g/mol. The van der Waals surface area contributed by atoms with Gasteiger partial charge in [-0.25, -0.2) is 9.97 Å². The zero-order valence-corrected chi connectivity index (χ0v) is 17.6. The molecule has 1 aliphatic heterocycles. The fourth-order valence-electron chi connectivity index (χ4n) is 2.42. The van der Waals surface area contributed by atoms with Crippen molar-refractivity contribution >= 4 is 57.7 Å². The van der Waals surface area contributed by atoms with E-state index in [1.54, 1.807) is 17.5 Å². The standard InChI is InChI=1S/C14H17F3N6S2.HI/c15-14(16,17)10-9-25-11(21-10)1-2-19-12(18)22-4-6-23(7-5-22)13-20-3-8-24-13;/h3,8-9H,1-2,4-7H2,(H2,18,19);1H. The molecule has 1 fully saturated rings. The van der Waals surface area contributed by atoms with Crippen LogP contribution in [0.4, 0.5) is 18.3 Å². The van der Waals surface area contributed by atoms with E-state index in [4.69, 9.17) is 5.73 Å². The van der Waals surface area contributed by atoms with Crippen LogP contribution in [-0.4, -0.2) is 53.6 Å². The van der Waals surface area contributed by atoms with Crippen molar-refractivity contribution < 1.29 is 13.2 Å². The zero-order valence-electron chi connectivity index (χ0n) is 13.6. The van der Waals surface area contributed by atoms with Gasteiger partial charge >= 0.3 is 6.18 Å². The van der Waals surface area contributed by atoms with E-state index in [1.807, 2.05) is 10.3 Å². The number of hydrogen-bond acceptors (Lipinski definition) is 6. The number of guanidine groups is 1. The first-order valence-electron chi connectivity index (χ1n) is 7.64. The van der Waals surface area contributed by atoms with Gasteiger partial charge < -0.3 is 15.5 Å². The number of nitrogens with zero attached hydrogens (tertiary/aromatic N) is 5. The molecule has 0 saturated carbocycles. The first-order chi connectivity index (χ1) is 11.9. The van der Waals surface area contributed by atoms with Crippen LogP contribution in [0.2, 0.25) is 0 Å². The van der Waals surface area contributed by atoms with Gasteiger partial charge in [-0.2, -0.15) is 13.2 Å². The minimum absolute atomic E-state index is 0. The molecule has 2 aromatic rings. The van der Waals surface area contributed by atoms with Crippen LogP contribution in [0.5, 0.6) is 0 Å². The van der Waals surface area contributed by atoms with Crippen molar-refractivity contribution in [1.29, 1.82) is 0 Å². The van der Waals surface area contributed by atoms with Gasteiger partial charge in [-0.15, -0.1) is 46.7 Å². The van der Waals surface area contributed by atoms with E-state index in [9.17, 15) is 13.2 Å². The monoisotopic (exact) mass is 518 g/mol. The summed E-state index contributed by atoms with van der Waals surface area (Å²) in [7, 11) is 0. The summed E-state index contributed by atoms with van der Waals surface area (Å²) in [5.41, 5.74) is 5.15. The van der Waals surface area contributed by atoms with Gasteiger partial charge in [-0.3, -0.25) is 4.99 Å². The molecule has 12 heteroatoms. The molecule has 0 aromatic carbocycles. The molecule has 0 amide bonds. The third-order valence-electron chi connectivity index (χ3n) is 3.74. The largest absolute Gasteiger partial charge is 0.434 e. The molecule has 144 valence electrons. The predicted octanol–water partition coefficient (Wildman–Crippen LogP) is 2.92. The summed E-state index contributed by atoms with van der Waals surface area (Å²) in [5.74, 6) is 0.423. The third-order valence-corrected chi connectivity index (χ3v) is 5.48. The van der Waals surface area contributed by atoms with E-state index in [2.05, 4.69) is 19.9 Å². The van der Waals surface area contributed by atoms with Crippen LogP contribution < -0.4 is 10.6 Å². The van der Waals surface area contributed by atoms with Crippen molar-refractivity contribution in [2.75, 3.05) is 37.6 Å². The van der Waals surface area contributed by atoms with E-state index in [0.717, 1.165) is 48.0 Å². The quantitative estimate of drug-likeness (QED) is 0.383. The molecule has 3 heterocycles. The fraction of sp³-hybridized carbons (Fsp3) is 0.500. The van der Waals surface area contributed by atoms with Gasteiger partial charge in [-0.05, 0) is 0 Å². The number of hydrogen-bond donors (Lipinski definition) is 1. The van der Waals surface area contributed by atoms with Crippen LogP contribution in [0.1, 0.15) is 10.7 Å². The highest BCUT2D eigenvalue weighted by Crippen LogP contribution is 2.30. The topological polar surface area (TPSA) is 70.6 Å². The van der Waals surface area contributed by atoms with Crippen LogP contribution in [-0.2, 0) is 12.6 Å². The molecule has 2 aromatic heterocycles. The van der Waals surface area contributed by atoms with Crippen LogP contribution in [0, 0.1) is 0 Å². The number of piperazine rings is 1. The van der Waals surface area contributed by atoms with Crippen molar-refractivity contribution in [1.82, 2.24) is 14.9 Å². The zero-order chi connectivity index (χ0) is 17.9. The predicted molar refractivity (Wildman–Crippen MR) is 109 cm³/mol. The van der Waals surface area contributed by atoms with Crippen LogP contribution in [0.25, 0.3) is 0 Å². The van der Waals surface area contributed by atoms with Crippen molar-refractivity contribution in [2.45, 2.75) is 12.6 Å². The summed E-state index contributed by atoms with van der Waals surface area (Å²) in [5, 5.41) is 4.39. The van der Waals surface area contributed by atoms with E-state index >= 15 is 0 Å². The van der Waals surface area contributed by atoms with Gasteiger partial charge in [0.05, 0.1) is 5.01 Å². The van der Waals surface area contributed by atoms with Gasteiger partial charge in [0.25, 0.3) is 0 Å². The van der Waals surface area contributed by atoms with E-state index in [-0.39, 0.29) is 24.0 Å².